The summed E-state index contributed by atoms with van der Waals surface area (Å²) in [7, 11) is 0. The summed E-state index contributed by atoms with van der Waals surface area (Å²) in [6.45, 7) is 1.88. The molecule has 1 aliphatic carbocycles. The first-order valence-corrected chi connectivity index (χ1v) is 10.6. The molecule has 2 heterocycles. The molecule has 0 spiro atoms. The summed E-state index contributed by atoms with van der Waals surface area (Å²) in [5.41, 5.74) is 2.53. The fourth-order valence-corrected chi connectivity index (χ4v) is 5.52. The van der Waals surface area contributed by atoms with Crippen LogP contribution in [0.4, 0.5) is 5.69 Å². The van der Waals surface area contributed by atoms with E-state index in [1.165, 1.54) is 35.0 Å². The van der Waals surface area contributed by atoms with E-state index >= 15 is 0 Å². The Labute approximate surface area is 165 Å². The minimum absolute atomic E-state index is 0.106. The number of anilines is 1. The van der Waals surface area contributed by atoms with Gasteiger partial charge in [-0.05, 0) is 56.4 Å². The van der Waals surface area contributed by atoms with E-state index in [0.717, 1.165) is 28.1 Å². The quantitative estimate of drug-likeness (QED) is 0.518. The van der Waals surface area contributed by atoms with Crippen LogP contribution in [0.1, 0.15) is 35.8 Å². The molecule has 2 aromatic heterocycles. The van der Waals surface area contributed by atoms with Crippen LogP contribution in [-0.4, -0.2) is 21.1 Å². The average molecular weight is 395 g/mol. The highest BCUT2D eigenvalue weighted by Gasteiger charge is 2.23. The third-order valence-electron chi connectivity index (χ3n) is 4.63. The fourth-order valence-electron chi connectivity index (χ4n) is 3.28. The van der Waals surface area contributed by atoms with Crippen molar-refractivity contribution in [3.63, 3.8) is 0 Å². The van der Waals surface area contributed by atoms with E-state index in [9.17, 15) is 4.79 Å². The molecule has 0 saturated heterocycles. The van der Waals surface area contributed by atoms with E-state index in [-0.39, 0.29) is 11.2 Å². The molecule has 5 nitrogen and oxygen atoms in total. The van der Waals surface area contributed by atoms with E-state index in [2.05, 4.69) is 21.4 Å². The van der Waals surface area contributed by atoms with Crippen molar-refractivity contribution >= 4 is 44.9 Å². The number of nitrogens with one attached hydrogen (secondary N) is 1. The van der Waals surface area contributed by atoms with Crippen molar-refractivity contribution in [2.45, 2.75) is 42.9 Å². The number of hydrogen-bond acceptors (Lipinski definition) is 6. The fraction of sp³-hybridized carbons (Fsp3) is 0.300. The zero-order valence-electron chi connectivity index (χ0n) is 14.9. The SMILES string of the molecule is C[C@H](Sc1ncnc2sc3c(c12)CCCC3)C(=O)Nc1cccc(C#N)c1. The van der Waals surface area contributed by atoms with Crippen LogP contribution in [0.5, 0.6) is 0 Å². The molecule has 0 aliphatic heterocycles. The number of nitrogens with zero attached hydrogens (tertiary/aromatic N) is 3. The molecule has 136 valence electrons. The van der Waals surface area contributed by atoms with E-state index in [4.69, 9.17) is 5.26 Å². The van der Waals surface area contributed by atoms with Gasteiger partial charge in [-0.2, -0.15) is 5.26 Å². The lowest BCUT2D eigenvalue weighted by Crippen LogP contribution is -2.22. The lowest BCUT2D eigenvalue weighted by atomic mass is 9.97. The molecule has 27 heavy (non-hydrogen) atoms. The summed E-state index contributed by atoms with van der Waals surface area (Å²) in [4.78, 5) is 24.0. The third-order valence-corrected chi connectivity index (χ3v) is 6.93. The van der Waals surface area contributed by atoms with Gasteiger partial charge in [0, 0.05) is 16.0 Å². The Kier molecular flexibility index (Phi) is 5.10. The molecule has 0 fully saturated rings. The second-order valence-corrected chi connectivity index (χ2v) is 8.92. The Morgan fingerprint density at radius 2 is 2.19 bits per heavy atom. The van der Waals surface area contributed by atoms with Gasteiger partial charge < -0.3 is 5.32 Å². The lowest BCUT2D eigenvalue weighted by Gasteiger charge is -2.14. The van der Waals surface area contributed by atoms with Gasteiger partial charge in [-0.25, -0.2) is 9.97 Å². The number of fused-ring (bicyclic) bond motifs is 3. The molecule has 0 saturated carbocycles. The van der Waals surface area contributed by atoms with Crippen LogP contribution in [0.2, 0.25) is 0 Å². The van der Waals surface area contributed by atoms with Crippen LogP contribution in [0.25, 0.3) is 10.2 Å². The second kappa shape index (κ2) is 7.67. The van der Waals surface area contributed by atoms with E-state index in [1.807, 2.05) is 6.92 Å². The first-order valence-electron chi connectivity index (χ1n) is 8.88. The highest BCUT2D eigenvalue weighted by Crippen LogP contribution is 2.40. The molecular weight excluding hydrogens is 376 g/mol. The maximum atomic E-state index is 12.6. The monoisotopic (exact) mass is 394 g/mol. The number of benzene rings is 1. The Morgan fingerprint density at radius 1 is 1.33 bits per heavy atom. The van der Waals surface area contributed by atoms with E-state index < -0.39 is 0 Å². The summed E-state index contributed by atoms with van der Waals surface area (Å²) < 4.78 is 0. The molecule has 1 amide bonds. The summed E-state index contributed by atoms with van der Waals surface area (Å²) in [5.74, 6) is -0.106. The van der Waals surface area contributed by atoms with Crippen LogP contribution in [0.15, 0.2) is 35.6 Å². The van der Waals surface area contributed by atoms with Crippen LogP contribution in [-0.2, 0) is 17.6 Å². The standard InChI is InChI=1S/C20H18N4OS2/c1-12(18(25)24-14-6-4-5-13(9-14)10-21)26-19-17-15-7-2-3-8-16(15)27-20(17)23-11-22-19/h4-6,9,11-12H,2-3,7-8H2,1H3,(H,24,25)/t12-/m0/s1. The third kappa shape index (κ3) is 3.68. The smallest absolute Gasteiger partial charge is 0.237 e. The van der Waals surface area contributed by atoms with Gasteiger partial charge in [0.15, 0.2) is 0 Å². The van der Waals surface area contributed by atoms with Gasteiger partial charge in [-0.15, -0.1) is 11.3 Å². The van der Waals surface area contributed by atoms with Crippen molar-refractivity contribution in [3.05, 3.63) is 46.6 Å². The summed E-state index contributed by atoms with van der Waals surface area (Å²) >= 11 is 3.23. The number of thiophene rings is 1. The summed E-state index contributed by atoms with van der Waals surface area (Å²) in [5, 5.41) is 13.6. The predicted octanol–water partition coefficient (Wildman–Crippen LogP) is 4.56. The predicted molar refractivity (Wildman–Crippen MR) is 109 cm³/mol. The van der Waals surface area contributed by atoms with Crippen LogP contribution >= 0.6 is 23.1 Å². The zero-order chi connectivity index (χ0) is 18.8. The molecule has 4 rings (SSSR count). The minimum Gasteiger partial charge on any atom is -0.325 e. The van der Waals surface area contributed by atoms with Crippen molar-refractivity contribution in [2.75, 3.05) is 5.32 Å². The van der Waals surface area contributed by atoms with Crippen molar-refractivity contribution in [3.8, 4) is 6.07 Å². The number of carbonyl (C=O) groups excluding carboxylic acids is 1. The van der Waals surface area contributed by atoms with Gasteiger partial charge in [0.25, 0.3) is 0 Å². The topological polar surface area (TPSA) is 78.7 Å². The number of rotatable bonds is 4. The number of amides is 1. The Hall–Kier alpha value is -2.43. The first-order chi connectivity index (χ1) is 13.2. The van der Waals surface area contributed by atoms with Gasteiger partial charge in [-0.1, -0.05) is 17.8 Å². The van der Waals surface area contributed by atoms with Crippen molar-refractivity contribution in [2.24, 2.45) is 0 Å². The van der Waals surface area contributed by atoms with Crippen molar-refractivity contribution in [1.82, 2.24) is 9.97 Å². The Morgan fingerprint density at radius 3 is 3.04 bits per heavy atom. The second-order valence-electron chi connectivity index (χ2n) is 6.51. The van der Waals surface area contributed by atoms with Gasteiger partial charge in [0.1, 0.15) is 16.2 Å². The van der Waals surface area contributed by atoms with E-state index in [0.29, 0.717) is 11.3 Å². The summed E-state index contributed by atoms with van der Waals surface area (Å²) in [6, 6.07) is 9.02. The molecule has 0 bridgehead atoms. The normalized spacial score (nSPS) is 14.4. The minimum atomic E-state index is -0.312. The zero-order valence-corrected chi connectivity index (χ0v) is 16.5. The van der Waals surface area contributed by atoms with Crippen molar-refractivity contribution in [1.29, 1.82) is 5.26 Å². The molecule has 1 aromatic carbocycles. The Balaban J connectivity index is 1.55. The van der Waals surface area contributed by atoms with Crippen LogP contribution in [0, 0.1) is 11.3 Å². The highest BCUT2D eigenvalue weighted by molar-refractivity contribution is 8.00. The Bertz CT molecular complexity index is 1050. The average Bonchev–Trinajstić information content (AvgIpc) is 3.07. The van der Waals surface area contributed by atoms with Gasteiger partial charge in [-0.3, -0.25) is 4.79 Å². The number of thioether (sulfide) groups is 1. The van der Waals surface area contributed by atoms with E-state index in [1.54, 1.807) is 41.9 Å². The molecule has 1 N–H and O–H groups in total. The number of aromatic nitrogens is 2. The molecule has 0 unspecified atom stereocenters. The molecule has 3 aromatic rings. The number of nitriles is 1. The first kappa shape index (κ1) is 18.0. The summed E-state index contributed by atoms with van der Waals surface area (Å²) in [6.07, 6.45) is 6.20. The maximum Gasteiger partial charge on any atom is 0.237 e. The molecule has 7 heteroatoms. The molecule has 1 aliphatic rings. The van der Waals surface area contributed by atoms with Gasteiger partial charge in [0.2, 0.25) is 5.91 Å². The van der Waals surface area contributed by atoms with Crippen LogP contribution in [0.3, 0.4) is 0 Å². The lowest BCUT2D eigenvalue weighted by molar-refractivity contribution is -0.115. The van der Waals surface area contributed by atoms with Gasteiger partial charge in [0.05, 0.1) is 16.9 Å². The highest BCUT2D eigenvalue weighted by atomic mass is 32.2. The molecule has 0 radical (unpaired) electrons. The van der Waals surface area contributed by atoms with Crippen LogP contribution < -0.4 is 5.32 Å². The number of hydrogen-bond donors (Lipinski definition) is 1. The van der Waals surface area contributed by atoms with Gasteiger partial charge >= 0.3 is 0 Å². The molecular formula is C20H18N4OS2. The molecule has 1 atom stereocenters. The maximum absolute atomic E-state index is 12.6. The largest absolute Gasteiger partial charge is 0.325 e. The van der Waals surface area contributed by atoms with Crippen molar-refractivity contribution < 1.29 is 4.79 Å². The number of carbonyl (C=O) groups is 1. The number of aryl methyl sites for hydroxylation is 2.